The quantitative estimate of drug-likeness (QED) is 0.831. The molecular weight excluding hydrogens is 357 g/mol. The number of hydrogen-bond donors (Lipinski definition) is 1. The van der Waals surface area contributed by atoms with Gasteiger partial charge in [0.15, 0.2) is 0 Å². The van der Waals surface area contributed by atoms with Crippen LogP contribution in [0.15, 0.2) is 48.5 Å². The SMILES string of the molecule is CC(=O)N(CC(=O)NCc1ccc(F)cc1)c1ccc(N2CCCCC2)cc1. The summed E-state index contributed by atoms with van der Waals surface area (Å²) in [5, 5.41) is 2.77. The second-order valence-corrected chi connectivity index (χ2v) is 7.07. The highest BCUT2D eigenvalue weighted by atomic mass is 19.1. The molecule has 2 aromatic rings. The molecule has 6 heteroatoms. The number of rotatable bonds is 6. The van der Waals surface area contributed by atoms with Crippen LogP contribution in [0.25, 0.3) is 0 Å². The fourth-order valence-electron chi connectivity index (χ4n) is 3.38. The Morgan fingerprint density at radius 3 is 2.25 bits per heavy atom. The third-order valence-electron chi connectivity index (χ3n) is 4.97. The fourth-order valence-corrected chi connectivity index (χ4v) is 3.38. The fraction of sp³-hybridized carbons (Fsp3) is 0.364. The van der Waals surface area contributed by atoms with Gasteiger partial charge in [0.1, 0.15) is 12.4 Å². The summed E-state index contributed by atoms with van der Waals surface area (Å²) in [4.78, 5) is 28.2. The summed E-state index contributed by atoms with van der Waals surface area (Å²) in [5.74, 6) is -0.770. The number of carbonyl (C=O) groups is 2. The van der Waals surface area contributed by atoms with Crippen LogP contribution in [0, 0.1) is 5.82 Å². The van der Waals surface area contributed by atoms with E-state index in [-0.39, 0.29) is 24.2 Å². The van der Waals surface area contributed by atoms with Gasteiger partial charge in [-0.05, 0) is 61.2 Å². The second-order valence-electron chi connectivity index (χ2n) is 7.07. The predicted molar refractivity (Wildman–Crippen MR) is 109 cm³/mol. The Bertz CT molecular complexity index is 800. The number of piperidine rings is 1. The average molecular weight is 383 g/mol. The van der Waals surface area contributed by atoms with Gasteiger partial charge in [-0.3, -0.25) is 9.59 Å². The summed E-state index contributed by atoms with van der Waals surface area (Å²) >= 11 is 0. The Labute approximate surface area is 165 Å². The number of hydrogen-bond acceptors (Lipinski definition) is 3. The molecule has 148 valence electrons. The maximum atomic E-state index is 12.9. The van der Waals surface area contributed by atoms with Crippen LogP contribution in [0.2, 0.25) is 0 Å². The Morgan fingerprint density at radius 2 is 1.64 bits per heavy atom. The van der Waals surface area contributed by atoms with E-state index >= 15 is 0 Å². The number of benzene rings is 2. The van der Waals surface area contributed by atoms with E-state index in [9.17, 15) is 14.0 Å². The molecule has 0 bridgehead atoms. The number of anilines is 2. The van der Waals surface area contributed by atoms with Gasteiger partial charge in [-0.25, -0.2) is 4.39 Å². The monoisotopic (exact) mass is 383 g/mol. The van der Waals surface area contributed by atoms with E-state index in [1.807, 2.05) is 24.3 Å². The molecule has 0 spiro atoms. The van der Waals surface area contributed by atoms with Gasteiger partial charge >= 0.3 is 0 Å². The van der Waals surface area contributed by atoms with Crippen molar-refractivity contribution >= 4 is 23.2 Å². The van der Waals surface area contributed by atoms with E-state index in [1.165, 1.54) is 43.2 Å². The molecule has 1 N–H and O–H groups in total. The summed E-state index contributed by atoms with van der Waals surface area (Å²) in [7, 11) is 0. The zero-order valence-corrected chi connectivity index (χ0v) is 16.2. The van der Waals surface area contributed by atoms with Gasteiger partial charge in [0, 0.05) is 37.9 Å². The minimum Gasteiger partial charge on any atom is -0.372 e. The van der Waals surface area contributed by atoms with Crippen LogP contribution in [-0.4, -0.2) is 31.4 Å². The Balaban J connectivity index is 1.60. The lowest BCUT2D eigenvalue weighted by Gasteiger charge is -2.29. The average Bonchev–Trinajstić information content (AvgIpc) is 2.72. The normalized spacial score (nSPS) is 13.9. The molecule has 0 aromatic heterocycles. The summed E-state index contributed by atoms with van der Waals surface area (Å²) in [6.07, 6.45) is 3.69. The molecule has 1 fully saturated rings. The highest BCUT2D eigenvalue weighted by molar-refractivity contribution is 5.97. The Morgan fingerprint density at radius 1 is 1.00 bits per heavy atom. The van der Waals surface area contributed by atoms with E-state index in [2.05, 4.69) is 10.2 Å². The first-order valence-corrected chi connectivity index (χ1v) is 9.67. The highest BCUT2D eigenvalue weighted by Crippen LogP contribution is 2.23. The van der Waals surface area contributed by atoms with Crippen molar-refractivity contribution < 1.29 is 14.0 Å². The number of amides is 2. The molecule has 0 atom stereocenters. The summed E-state index contributed by atoms with van der Waals surface area (Å²) in [6, 6.07) is 13.7. The zero-order chi connectivity index (χ0) is 19.9. The number of halogens is 1. The van der Waals surface area contributed by atoms with Crippen LogP contribution in [0.4, 0.5) is 15.8 Å². The molecule has 0 aliphatic carbocycles. The molecule has 1 aliphatic heterocycles. The van der Waals surface area contributed by atoms with Gasteiger partial charge in [-0.1, -0.05) is 12.1 Å². The van der Waals surface area contributed by atoms with Crippen LogP contribution in [0.3, 0.4) is 0 Å². The van der Waals surface area contributed by atoms with Crippen molar-refractivity contribution in [2.75, 3.05) is 29.4 Å². The smallest absolute Gasteiger partial charge is 0.240 e. The maximum Gasteiger partial charge on any atom is 0.240 e. The third kappa shape index (κ3) is 5.31. The van der Waals surface area contributed by atoms with Gasteiger partial charge in [-0.15, -0.1) is 0 Å². The molecule has 1 heterocycles. The zero-order valence-electron chi connectivity index (χ0n) is 16.2. The molecule has 3 rings (SSSR count). The summed E-state index contributed by atoms with van der Waals surface area (Å²) in [5.41, 5.74) is 2.65. The van der Waals surface area contributed by atoms with Gasteiger partial charge in [0.05, 0.1) is 0 Å². The molecular formula is C22H26FN3O2. The summed E-state index contributed by atoms with van der Waals surface area (Å²) < 4.78 is 12.9. The molecule has 5 nitrogen and oxygen atoms in total. The van der Waals surface area contributed by atoms with Crippen molar-refractivity contribution in [1.29, 1.82) is 0 Å². The Kier molecular flexibility index (Phi) is 6.63. The van der Waals surface area contributed by atoms with E-state index in [1.54, 1.807) is 12.1 Å². The minimum atomic E-state index is -0.314. The van der Waals surface area contributed by atoms with Crippen molar-refractivity contribution in [3.8, 4) is 0 Å². The lowest BCUT2D eigenvalue weighted by Crippen LogP contribution is -2.39. The van der Waals surface area contributed by atoms with Crippen molar-refractivity contribution in [2.24, 2.45) is 0 Å². The van der Waals surface area contributed by atoms with Gasteiger partial charge < -0.3 is 15.1 Å². The minimum absolute atomic E-state index is 0.0560. The second kappa shape index (κ2) is 9.35. The third-order valence-corrected chi connectivity index (χ3v) is 4.97. The molecule has 2 aromatic carbocycles. The lowest BCUT2D eigenvalue weighted by molar-refractivity contribution is -0.123. The van der Waals surface area contributed by atoms with Gasteiger partial charge in [0.25, 0.3) is 0 Å². The molecule has 0 unspecified atom stereocenters. The van der Waals surface area contributed by atoms with Crippen LogP contribution in [0.5, 0.6) is 0 Å². The van der Waals surface area contributed by atoms with Crippen molar-refractivity contribution in [1.82, 2.24) is 5.32 Å². The lowest BCUT2D eigenvalue weighted by atomic mass is 10.1. The van der Waals surface area contributed by atoms with Crippen LogP contribution >= 0.6 is 0 Å². The highest BCUT2D eigenvalue weighted by Gasteiger charge is 2.17. The Hall–Kier alpha value is -2.89. The van der Waals surface area contributed by atoms with Crippen LogP contribution in [0.1, 0.15) is 31.7 Å². The molecule has 0 radical (unpaired) electrons. The molecule has 1 saturated heterocycles. The standard InChI is InChI=1S/C22H26FN3O2/c1-17(27)26(16-22(28)24-15-18-5-7-19(23)8-6-18)21-11-9-20(10-12-21)25-13-3-2-4-14-25/h5-12H,2-4,13-16H2,1H3,(H,24,28). The maximum absolute atomic E-state index is 12.9. The van der Waals surface area contributed by atoms with Gasteiger partial charge in [-0.2, -0.15) is 0 Å². The number of nitrogens with zero attached hydrogens (tertiary/aromatic N) is 2. The predicted octanol–water partition coefficient (Wildman–Crippen LogP) is 3.49. The van der Waals surface area contributed by atoms with E-state index in [4.69, 9.17) is 0 Å². The van der Waals surface area contributed by atoms with Crippen LogP contribution < -0.4 is 15.1 Å². The first-order chi connectivity index (χ1) is 13.5. The topological polar surface area (TPSA) is 52.7 Å². The molecule has 28 heavy (non-hydrogen) atoms. The molecule has 2 amide bonds. The van der Waals surface area contributed by atoms with E-state index in [0.29, 0.717) is 12.2 Å². The summed E-state index contributed by atoms with van der Waals surface area (Å²) in [6.45, 7) is 3.80. The van der Waals surface area contributed by atoms with E-state index < -0.39 is 0 Å². The molecule has 0 saturated carbocycles. The van der Waals surface area contributed by atoms with Gasteiger partial charge in [0.2, 0.25) is 11.8 Å². The molecule has 1 aliphatic rings. The van der Waals surface area contributed by atoms with E-state index in [0.717, 1.165) is 24.3 Å². The van der Waals surface area contributed by atoms with Crippen molar-refractivity contribution in [3.63, 3.8) is 0 Å². The van der Waals surface area contributed by atoms with Crippen LogP contribution in [-0.2, 0) is 16.1 Å². The largest absolute Gasteiger partial charge is 0.372 e. The number of nitrogens with one attached hydrogen (secondary N) is 1. The van der Waals surface area contributed by atoms with Crippen molar-refractivity contribution in [3.05, 3.63) is 59.9 Å². The first kappa shape index (κ1) is 19.9. The first-order valence-electron chi connectivity index (χ1n) is 9.67. The van der Waals surface area contributed by atoms with Crippen molar-refractivity contribution in [2.45, 2.75) is 32.7 Å². The number of carbonyl (C=O) groups excluding carboxylic acids is 2.